The number of benzene rings is 1. The topological polar surface area (TPSA) is 62.6 Å². The standard InChI is InChI=1S/C16H14BrFN2O3/c1-20(16(22)8-6-13-5-7-14(17)23-13)10-15(21)19-12-4-2-3-11(18)9-12/h2-9H,10H2,1H3,(H,19,21)/b8-6+. The van der Waals surface area contributed by atoms with Crippen molar-refractivity contribution < 1.29 is 18.4 Å². The maximum absolute atomic E-state index is 13.0. The quantitative estimate of drug-likeness (QED) is 0.809. The summed E-state index contributed by atoms with van der Waals surface area (Å²) < 4.78 is 18.8. The molecule has 0 atom stereocenters. The van der Waals surface area contributed by atoms with E-state index in [1.165, 1.54) is 42.3 Å². The van der Waals surface area contributed by atoms with Gasteiger partial charge in [0.2, 0.25) is 11.8 Å². The van der Waals surface area contributed by atoms with Crippen molar-refractivity contribution in [3.63, 3.8) is 0 Å². The molecule has 0 spiro atoms. The number of rotatable bonds is 5. The zero-order valence-electron chi connectivity index (χ0n) is 12.3. The maximum atomic E-state index is 13.0. The van der Waals surface area contributed by atoms with E-state index >= 15 is 0 Å². The third-order valence-corrected chi connectivity index (χ3v) is 3.28. The Morgan fingerprint density at radius 1 is 1.35 bits per heavy atom. The van der Waals surface area contributed by atoms with Crippen molar-refractivity contribution in [1.82, 2.24) is 4.90 Å². The molecule has 0 radical (unpaired) electrons. The maximum Gasteiger partial charge on any atom is 0.246 e. The molecule has 0 aliphatic heterocycles. The van der Waals surface area contributed by atoms with Crippen LogP contribution in [0.25, 0.3) is 6.08 Å². The first-order valence-corrected chi connectivity index (χ1v) is 7.47. The molecule has 0 saturated carbocycles. The van der Waals surface area contributed by atoms with Gasteiger partial charge in [0, 0.05) is 18.8 Å². The van der Waals surface area contributed by atoms with Crippen molar-refractivity contribution in [3.05, 3.63) is 58.7 Å². The Morgan fingerprint density at radius 3 is 2.78 bits per heavy atom. The molecule has 2 rings (SSSR count). The molecule has 0 aliphatic carbocycles. The lowest BCUT2D eigenvalue weighted by molar-refractivity contribution is -0.129. The van der Waals surface area contributed by atoms with Gasteiger partial charge in [-0.1, -0.05) is 6.07 Å². The number of nitrogens with one attached hydrogen (secondary N) is 1. The second-order valence-electron chi connectivity index (χ2n) is 4.73. The van der Waals surface area contributed by atoms with Gasteiger partial charge in [-0.2, -0.15) is 0 Å². The van der Waals surface area contributed by atoms with Crippen molar-refractivity contribution in [2.24, 2.45) is 0 Å². The van der Waals surface area contributed by atoms with E-state index in [2.05, 4.69) is 21.2 Å². The van der Waals surface area contributed by atoms with Gasteiger partial charge in [0.05, 0.1) is 6.54 Å². The van der Waals surface area contributed by atoms with Crippen LogP contribution in [0.2, 0.25) is 0 Å². The number of carbonyl (C=O) groups is 2. The Hall–Kier alpha value is -2.41. The molecular formula is C16H14BrFN2O3. The summed E-state index contributed by atoms with van der Waals surface area (Å²) >= 11 is 3.16. The number of carbonyl (C=O) groups excluding carboxylic acids is 2. The summed E-state index contributed by atoms with van der Waals surface area (Å²) in [6.45, 7) is -0.151. The summed E-state index contributed by atoms with van der Waals surface area (Å²) in [6.07, 6.45) is 2.81. The summed E-state index contributed by atoms with van der Waals surface area (Å²) in [7, 11) is 1.50. The Bertz CT molecular complexity index is 742. The van der Waals surface area contributed by atoms with E-state index < -0.39 is 11.7 Å². The van der Waals surface area contributed by atoms with Gasteiger partial charge >= 0.3 is 0 Å². The Kier molecular flexibility index (Phi) is 5.70. The number of nitrogens with zero attached hydrogens (tertiary/aromatic N) is 1. The van der Waals surface area contributed by atoms with Crippen LogP contribution in [0.3, 0.4) is 0 Å². The Balaban J connectivity index is 1.87. The Labute approximate surface area is 140 Å². The van der Waals surface area contributed by atoms with Crippen molar-refractivity contribution in [2.45, 2.75) is 0 Å². The zero-order chi connectivity index (χ0) is 16.8. The number of anilines is 1. The summed E-state index contributed by atoms with van der Waals surface area (Å²) in [6, 6.07) is 8.95. The number of halogens is 2. The monoisotopic (exact) mass is 380 g/mol. The second-order valence-corrected chi connectivity index (χ2v) is 5.51. The normalized spacial score (nSPS) is 10.7. The minimum absolute atomic E-state index is 0.151. The molecule has 1 N–H and O–H groups in total. The fraction of sp³-hybridized carbons (Fsp3) is 0.125. The first-order valence-electron chi connectivity index (χ1n) is 6.68. The van der Waals surface area contributed by atoms with E-state index in [0.29, 0.717) is 16.1 Å². The second kappa shape index (κ2) is 7.73. The van der Waals surface area contributed by atoms with Crippen LogP contribution in [0.4, 0.5) is 10.1 Å². The average Bonchev–Trinajstić information content (AvgIpc) is 2.90. The lowest BCUT2D eigenvalue weighted by Gasteiger charge is -2.14. The minimum atomic E-state index is -0.445. The summed E-state index contributed by atoms with van der Waals surface area (Å²) in [5.41, 5.74) is 0.340. The Morgan fingerprint density at radius 2 is 2.13 bits per heavy atom. The van der Waals surface area contributed by atoms with Crippen molar-refractivity contribution in [3.8, 4) is 0 Å². The molecule has 2 aromatic rings. The number of hydrogen-bond donors (Lipinski definition) is 1. The van der Waals surface area contributed by atoms with Crippen LogP contribution >= 0.6 is 15.9 Å². The SMILES string of the molecule is CN(CC(=O)Nc1cccc(F)c1)C(=O)/C=C/c1ccc(Br)o1. The third kappa shape index (κ3) is 5.37. The minimum Gasteiger partial charge on any atom is -0.450 e. The van der Waals surface area contributed by atoms with E-state index in [-0.39, 0.29) is 12.5 Å². The fourth-order valence-corrected chi connectivity index (χ4v) is 2.08. The molecule has 1 aromatic carbocycles. The number of likely N-dealkylation sites (N-methyl/N-ethyl adjacent to an activating group) is 1. The molecule has 1 aromatic heterocycles. The van der Waals surface area contributed by atoms with Crippen molar-refractivity contribution in [2.75, 3.05) is 18.9 Å². The first-order chi connectivity index (χ1) is 10.9. The third-order valence-electron chi connectivity index (χ3n) is 2.85. The molecule has 120 valence electrons. The molecule has 1 heterocycles. The highest BCUT2D eigenvalue weighted by atomic mass is 79.9. The first kappa shape index (κ1) is 17.0. The number of furan rings is 1. The van der Waals surface area contributed by atoms with Gasteiger partial charge in [-0.3, -0.25) is 9.59 Å². The van der Waals surface area contributed by atoms with Gasteiger partial charge in [0.25, 0.3) is 0 Å². The number of hydrogen-bond acceptors (Lipinski definition) is 3. The lowest BCUT2D eigenvalue weighted by Crippen LogP contribution is -2.33. The summed E-state index contributed by atoms with van der Waals surface area (Å²) in [5, 5.41) is 2.52. The van der Waals surface area contributed by atoms with Crippen LogP contribution < -0.4 is 5.32 Å². The van der Waals surface area contributed by atoms with E-state index in [1.54, 1.807) is 18.2 Å². The van der Waals surface area contributed by atoms with Gasteiger partial charge in [-0.05, 0) is 52.3 Å². The van der Waals surface area contributed by atoms with Crippen LogP contribution in [0.15, 0.2) is 51.6 Å². The van der Waals surface area contributed by atoms with Gasteiger partial charge in [0.15, 0.2) is 4.67 Å². The van der Waals surface area contributed by atoms with E-state index in [4.69, 9.17) is 4.42 Å². The fourth-order valence-electron chi connectivity index (χ4n) is 1.76. The highest BCUT2D eigenvalue weighted by molar-refractivity contribution is 9.10. The van der Waals surface area contributed by atoms with E-state index in [0.717, 1.165) is 0 Å². The lowest BCUT2D eigenvalue weighted by atomic mass is 10.3. The van der Waals surface area contributed by atoms with Crippen LogP contribution in [0.1, 0.15) is 5.76 Å². The van der Waals surface area contributed by atoms with Crippen LogP contribution in [0, 0.1) is 5.82 Å². The van der Waals surface area contributed by atoms with Gasteiger partial charge in [-0.25, -0.2) is 4.39 Å². The van der Waals surface area contributed by atoms with E-state index in [9.17, 15) is 14.0 Å². The largest absolute Gasteiger partial charge is 0.450 e. The molecule has 0 aliphatic rings. The van der Waals surface area contributed by atoms with Gasteiger partial charge in [-0.15, -0.1) is 0 Å². The molecule has 0 unspecified atom stereocenters. The van der Waals surface area contributed by atoms with E-state index in [1.807, 2.05) is 0 Å². The highest BCUT2D eigenvalue weighted by Gasteiger charge is 2.11. The summed E-state index contributed by atoms with van der Waals surface area (Å²) in [4.78, 5) is 25.0. The molecule has 0 fully saturated rings. The smallest absolute Gasteiger partial charge is 0.246 e. The van der Waals surface area contributed by atoms with Crippen LogP contribution in [0.5, 0.6) is 0 Å². The van der Waals surface area contributed by atoms with Crippen LogP contribution in [-0.4, -0.2) is 30.3 Å². The molecule has 0 bridgehead atoms. The predicted molar refractivity (Wildman–Crippen MR) is 88.1 cm³/mol. The molecule has 2 amide bonds. The van der Waals surface area contributed by atoms with Gasteiger partial charge in [0.1, 0.15) is 11.6 Å². The average molecular weight is 381 g/mol. The molecule has 0 saturated heterocycles. The van der Waals surface area contributed by atoms with Crippen LogP contribution in [-0.2, 0) is 9.59 Å². The van der Waals surface area contributed by atoms with Gasteiger partial charge < -0.3 is 14.6 Å². The summed E-state index contributed by atoms with van der Waals surface area (Å²) in [5.74, 6) is -0.699. The molecule has 7 heteroatoms. The van der Waals surface area contributed by atoms with Crippen molar-refractivity contribution >= 4 is 39.5 Å². The molecule has 5 nitrogen and oxygen atoms in total. The molecular weight excluding hydrogens is 367 g/mol. The number of amides is 2. The van der Waals surface area contributed by atoms with Crippen molar-refractivity contribution in [1.29, 1.82) is 0 Å². The predicted octanol–water partition coefficient (Wildman–Crippen LogP) is 3.29. The molecule has 23 heavy (non-hydrogen) atoms. The highest BCUT2D eigenvalue weighted by Crippen LogP contribution is 2.15. The zero-order valence-corrected chi connectivity index (χ0v) is 13.8.